The first-order chi connectivity index (χ1) is 9.38. The molecule has 1 aliphatic rings. The molecular weight excluding hydrogens is 264 g/mol. The summed E-state index contributed by atoms with van der Waals surface area (Å²) in [6.45, 7) is 1.53. The highest BCUT2D eigenvalue weighted by atomic mass is 16.6. The number of nitriles is 1. The minimum atomic E-state index is -1.23. The topological polar surface area (TPSA) is 129 Å². The first kappa shape index (κ1) is 13.7. The van der Waals surface area contributed by atoms with Gasteiger partial charge in [0.25, 0.3) is 5.69 Å². The van der Waals surface area contributed by atoms with E-state index in [0.29, 0.717) is 0 Å². The third kappa shape index (κ3) is 2.38. The minimum absolute atomic E-state index is 0.0384. The Kier molecular flexibility index (Phi) is 3.28. The molecule has 0 saturated heterocycles. The molecule has 1 heterocycles. The van der Waals surface area contributed by atoms with Gasteiger partial charge in [-0.1, -0.05) is 0 Å². The van der Waals surface area contributed by atoms with Crippen LogP contribution in [0.5, 0.6) is 0 Å². The van der Waals surface area contributed by atoms with Crippen LogP contribution in [-0.2, 0) is 4.79 Å². The third-order valence-electron chi connectivity index (χ3n) is 3.42. The molecule has 0 aliphatic heterocycles. The number of nitro groups is 1. The van der Waals surface area contributed by atoms with Crippen molar-refractivity contribution in [2.45, 2.75) is 25.3 Å². The Morgan fingerprint density at radius 3 is 2.80 bits per heavy atom. The fourth-order valence-corrected chi connectivity index (χ4v) is 1.98. The molecule has 8 nitrogen and oxygen atoms in total. The molecule has 0 aromatic carbocycles. The van der Waals surface area contributed by atoms with Crippen molar-refractivity contribution in [3.8, 4) is 6.07 Å². The van der Waals surface area contributed by atoms with Gasteiger partial charge < -0.3 is 10.4 Å². The molecule has 1 aromatic rings. The number of rotatable bonds is 5. The van der Waals surface area contributed by atoms with Gasteiger partial charge in [-0.3, -0.25) is 10.1 Å². The number of anilines is 1. The number of carbonyl (C=O) groups is 1. The van der Waals surface area contributed by atoms with Crippen molar-refractivity contribution in [1.29, 1.82) is 5.26 Å². The zero-order valence-electron chi connectivity index (χ0n) is 10.7. The number of nitrogens with zero attached hydrogens (tertiary/aromatic N) is 3. The molecule has 8 heteroatoms. The van der Waals surface area contributed by atoms with Crippen LogP contribution in [0.3, 0.4) is 0 Å². The van der Waals surface area contributed by atoms with Crippen LogP contribution in [0.25, 0.3) is 0 Å². The van der Waals surface area contributed by atoms with E-state index in [2.05, 4.69) is 10.3 Å². The largest absolute Gasteiger partial charge is 0.480 e. The van der Waals surface area contributed by atoms with E-state index in [0.717, 1.165) is 25.1 Å². The Balaban J connectivity index is 2.36. The Bertz CT molecular complexity index is 620. The number of aromatic nitrogens is 1. The molecule has 1 aliphatic carbocycles. The zero-order chi connectivity index (χ0) is 14.9. The van der Waals surface area contributed by atoms with E-state index >= 15 is 0 Å². The molecule has 2 N–H and O–H groups in total. The smallest absolute Gasteiger partial charge is 0.329 e. The minimum Gasteiger partial charge on any atom is -0.480 e. The van der Waals surface area contributed by atoms with E-state index in [1.54, 1.807) is 6.07 Å². The molecule has 1 fully saturated rings. The summed E-state index contributed by atoms with van der Waals surface area (Å²) < 4.78 is 0. The maximum atomic E-state index is 11.4. The molecule has 1 unspecified atom stereocenters. The Morgan fingerprint density at radius 1 is 1.70 bits per heavy atom. The van der Waals surface area contributed by atoms with Crippen LogP contribution >= 0.6 is 0 Å². The van der Waals surface area contributed by atoms with E-state index in [1.807, 2.05) is 0 Å². The van der Waals surface area contributed by atoms with E-state index in [4.69, 9.17) is 5.26 Å². The fourth-order valence-electron chi connectivity index (χ4n) is 1.98. The highest BCUT2D eigenvalue weighted by molar-refractivity contribution is 5.83. The number of hydrogen-bond acceptors (Lipinski definition) is 6. The lowest BCUT2D eigenvalue weighted by Crippen LogP contribution is -2.46. The summed E-state index contributed by atoms with van der Waals surface area (Å²) in [5.74, 6) is -1.03. The molecule has 0 amide bonds. The molecular formula is C12H12N4O4. The van der Waals surface area contributed by atoms with Gasteiger partial charge in [-0.15, -0.1) is 0 Å². The molecule has 1 atom stereocenters. The second-order valence-corrected chi connectivity index (χ2v) is 4.87. The molecule has 0 spiro atoms. The molecule has 20 heavy (non-hydrogen) atoms. The average molecular weight is 276 g/mol. The van der Waals surface area contributed by atoms with Gasteiger partial charge in [-0.05, 0) is 25.7 Å². The van der Waals surface area contributed by atoms with Gasteiger partial charge in [0.2, 0.25) is 0 Å². The van der Waals surface area contributed by atoms with Gasteiger partial charge >= 0.3 is 5.97 Å². The summed E-state index contributed by atoms with van der Waals surface area (Å²) in [5, 5.41) is 31.7. The monoisotopic (exact) mass is 276 g/mol. The van der Waals surface area contributed by atoms with Gasteiger partial charge in [-0.25, -0.2) is 9.78 Å². The van der Waals surface area contributed by atoms with Crippen molar-refractivity contribution in [3.05, 3.63) is 27.9 Å². The first-order valence-electron chi connectivity index (χ1n) is 5.94. The predicted molar refractivity (Wildman–Crippen MR) is 68.0 cm³/mol. The SMILES string of the molecule is CC(Nc1ncc([N+](=O)[O-])cc1C#N)(C(=O)O)C1CC1. The van der Waals surface area contributed by atoms with Crippen molar-refractivity contribution in [1.82, 2.24) is 4.98 Å². The third-order valence-corrected chi connectivity index (χ3v) is 3.42. The lowest BCUT2D eigenvalue weighted by Gasteiger charge is -2.27. The van der Waals surface area contributed by atoms with Crippen molar-refractivity contribution in [3.63, 3.8) is 0 Å². The van der Waals surface area contributed by atoms with E-state index in [-0.39, 0.29) is 23.0 Å². The van der Waals surface area contributed by atoms with Crippen LogP contribution < -0.4 is 5.32 Å². The van der Waals surface area contributed by atoms with E-state index in [1.165, 1.54) is 6.92 Å². The second-order valence-electron chi connectivity index (χ2n) is 4.87. The maximum absolute atomic E-state index is 11.4. The van der Waals surface area contributed by atoms with Crippen LogP contribution in [-0.4, -0.2) is 26.5 Å². The summed E-state index contributed by atoms with van der Waals surface area (Å²) in [6.07, 6.45) is 2.56. The quantitative estimate of drug-likeness (QED) is 0.616. The summed E-state index contributed by atoms with van der Waals surface area (Å²) >= 11 is 0. The van der Waals surface area contributed by atoms with Crippen LogP contribution in [0.15, 0.2) is 12.3 Å². The van der Waals surface area contributed by atoms with E-state index in [9.17, 15) is 20.0 Å². The molecule has 0 bridgehead atoms. The summed E-state index contributed by atoms with van der Waals surface area (Å²) in [7, 11) is 0. The van der Waals surface area contributed by atoms with Crippen LogP contribution in [0.2, 0.25) is 0 Å². The summed E-state index contributed by atoms with van der Waals surface area (Å²) in [6, 6.07) is 2.86. The highest BCUT2D eigenvalue weighted by Gasteiger charge is 2.48. The van der Waals surface area contributed by atoms with E-state index < -0.39 is 16.4 Å². The molecule has 1 aromatic heterocycles. The summed E-state index contributed by atoms with van der Waals surface area (Å²) in [5.41, 5.74) is -1.59. The molecule has 104 valence electrons. The Hall–Kier alpha value is -2.69. The van der Waals surface area contributed by atoms with Crippen molar-refractivity contribution in [2.24, 2.45) is 5.92 Å². The fraction of sp³-hybridized carbons (Fsp3) is 0.417. The second kappa shape index (κ2) is 4.77. The number of aliphatic carboxylic acids is 1. The van der Waals surface area contributed by atoms with Gasteiger partial charge in [0, 0.05) is 6.07 Å². The molecule has 1 saturated carbocycles. The Morgan fingerprint density at radius 2 is 2.35 bits per heavy atom. The highest BCUT2D eigenvalue weighted by Crippen LogP contribution is 2.41. The van der Waals surface area contributed by atoms with Gasteiger partial charge in [-0.2, -0.15) is 5.26 Å². The van der Waals surface area contributed by atoms with Crippen molar-refractivity contribution < 1.29 is 14.8 Å². The average Bonchev–Trinajstić information content (AvgIpc) is 3.23. The van der Waals surface area contributed by atoms with Crippen LogP contribution in [0.4, 0.5) is 11.5 Å². The number of nitrogens with one attached hydrogen (secondary N) is 1. The Labute approximate surface area is 114 Å². The van der Waals surface area contributed by atoms with Crippen LogP contribution in [0.1, 0.15) is 25.3 Å². The number of carboxylic acids is 1. The van der Waals surface area contributed by atoms with Crippen molar-refractivity contribution >= 4 is 17.5 Å². The van der Waals surface area contributed by atoms with Gasteiger partial charge in [0.15, 0.2) is 0 Å². The molecule has 0 radical (unpaired) electrons. The van der Waals surface area contributed by atoms with Crippen LogP contribution in [0, 0.1) is 27.4 Å². The van der Waals surface area contributed by atoms with Gasteiger partial charge in [0.1, 0.15) is 29.2 Å². The lowest BCUT2D eigenvalue weighted by atomic mass is 9.95. The van der Waals surface area contributed by atoms with Crippen molar-refractivity contribution in [2.75, 3.05) is 5.32 Å². The number of hydrogen-bond donors (Lipinski definition) is 2. The van der Waals surface area contributed by atoms with Gasteiger partial charge in [0.05, 0.1) is 4.92 Å². The lowest BCUT2D eigenvalue weighted by molar-refractivity contribution is -0.385. The normalized spacial score (nSPS) is 16.8. The number of carboxylic acid groups (broad SMARTS) is 1. The first-order valence-corrected chi connectivity index (χ1v) is 5.94. The zero-order valence-corrected chi connectivity index (χ0v) is 10.7. The standard InChI is InChI=1S/C12H12N4O4/c1-12(11(17)18,8-2-3-8)15-10-7(5-13)4-9(6-14-10)16(19)20/h4,6,8H,2-3H2,1H3,(H,14,15)(H,17,18). The number of pyridine rings is 1. The predicted octanol–water partition coefficient (Wildman–Crippen LogP) is 1.53. The molecule has 2 rings (SSSR count). The maximum Gasteiger partial charge on any atom is 0.329 e. The summed E-state index contributed by atoms with van der Waals surface area (Å²) in [4.78, 5) is 25.2.